The molecule has 0 radical (unpaired) electrons. The first-order valence-corrected chi connectivity index (χ1v) is 9.41. The van der Waals surface area contributed by atoms with Crippen LogP contribution in [-0.4, -0.2) is 21.5 Å². The Morgan fingerprint density at radius 1 is 1.11 bits per heavy atom. The Morgan fingerprint density at radius 3 is 2.48 bits per heavy atom. The van der Waals surface area contributed by atoms with Crippen molar-refractivity contribution in [2.45, 2.75) is 38.5 Å². The topological polar surface area (TPSA) is 70.7 Å². The van der Waals surface area contributed by atoms with Gasteiger partial charge in [-0.3, -0.25) is 4.79 Å². The van der Waals surface area contributed by atoms with Crippen molar-refractivity contribution in [3.05, 3.63) is 75.8 Å². The molecule has 0 bridgehead atoms. The van der Waals surface area contributed by atoms with Gasteiger partial charge in [0.25, 0.3) is 5.56 Å². The fraction of sp³-hybridized carbons (Fsp3) is 0.318. The van der Waals surface area contributed by atoms with E-state index in [1.807, 2.05) is 19.1 Å². The van der Waals surface area contributed by atoms with Crippen LogP contribution in [0.3, 0.4) is 0 Å². The minimum atomic E-state index is -0.102. The smallest absolute Gasteiger partial charge is 0.254 e. The molecule has 2 heterocycles. The van der Waals surface area contributed by atoms with Crippen LogP contribution in [0.4, 0.5) is 5.82 Å². The zero-order chi connectivity index (χ0) is 18.9. The highest BCUT2D eigenvalue weighted by Crippen LogP contribution is 2.43. The molecule has 0 unspecified atom stereocenters. The number of nitrogens with zero attached hydrogens (tertiary/aromatic N) is 2. The summed E-state index contributed by atoms with van der Waals surface area (Å²) in [4.78, 5) is 23.8. The molecular formula is C22H24N4O. The van der Waals surface area contributed by atoms with Crippen molar-refractivity contribution in [1.29, 1.82) is 0 Å². The monoisotopic (exact) mass is 360 g/mol. The van der Waals surface area contributed by atoms with Gasteiger partial charge in [-0.15, -0.1) is 0 Å². The number of H-pyrrole nitrogens is 1. The normalized spacial score (nSPS) is 15.2. The molecular weight excluding hydrogens is 336 g/mol. The zero-order valence-corrected chi connectivity index (χ0v) is 15.7. The average Bonchev–Trinajstić information content (AvgIpc) is 2.66. The number of benzene rings is 1. The van der Waals surface area contributed by atoms with E-state index in [1.165, 1.54) is 24.8 Å². The van der Waals surface area contributed by atoms with E-state index in [0.29, 0.717) is 11.4 Å². The summed E-state index contributed by atoms with van der Waals surface area (Å²) in [5.74, 6) is 1.40. The quantitative estimate of drug-likeness (QED) is 0.722. The maximum absolute atomic E-state index is 12.0. The second kappa shape index (κ2) is 6.99. The molecule has 0 spiro atoms. The second-order valence-electron chi connectivity index (χ2n) is 7.41. The van der Waals surface area contributed by atoms with Crippen molar-refractivity contribution in [2.75, 3.05) is 11.9 Å². The van der Waals surface area contributed by atoms with Gasteiger partial charge in [-0.05, 0) is 44.4 Å². The van der Waals surface area contributed by atoms with E-state index in [4.69, 9.17) is 0 Å². The molecule has 1 aromatic carbocycles. The molecule has 5 heteroatoms. The molecule has 0 atom stereocenters. The van der Waals surface area contributed by atoms with Crippen molar-refractivity contribution in [2.24, 2.45) is 0 Å². The first-order valence-electron chi connectivity index (χ1n) is 9.41. The average molecular weight is 360 g/mol. The molecule has 2 N–H and O–H groups in total. The van der Waals surface area contributed by atoms with E-state index in [2.05, 4.69) is 50.6 Å². The summed E-state index contributed by atoms with van der Waals surface area (Å²) >= 11 is 0. The summed E-state index contributed by atoms with van der Waals surface area (Å²) in [5.41, 5.74) is 3.71. The fourth-order valence-corrected chi connectivity index (χ4v) is 3.64. The molecule has 1 aliphatic rings. The molecule has 27 heavy (non-hydrogen) atoms. The van der Waals surface area contributed by atoms with Crippen LogP contribution < -0.4 is 10.9 Å². The number of rotatable bonds is 5. The molecule has 2 aromatic heterocycles. The minimum absolute atomic E-state index is 0.102. The van der Waals surface area contributed by atoms with Crippen LogP contribution in [-0.2, 0) is 5.41 Å². The maximum atomic E-state index is 12.0. The van der Waals surface area contributed by atoms with Gasteiger partial charge in [0.1, 0.15) is 11.6 Å². The standard InChI is InChI=1S/C22H24N4O/c1-15-16(2)25-20(26-21(15)27)17-9-10-19(23-13-17)24-14-22(11-6-12-22)18-7-4-3-5-8-18/h3-5,7-10,13H,6,11-12,14H2,1-2H3,(H,23,24)(H,25,26,27). The van der Waals surface area contributed by atoms with Crippen LogP contribution >= 0.6 is 0 Å². The SMILES string of the molecule is Cc1nc(-c2ccc(NCC3(c4ccccc4)CCC3)nc2)[nH]c(=O)c1C. The van der Waals surface area contributed by atoms with Crippen LogP contribution in [0.25, 0.3) is 11.4 Å². The van der Waals surface area contributed by atoms with Gasteiger partial charge in [-0.2, -0.15) is 0 Å². The van der Waals surface area contributed by atoms with Gasteiger partial charge in [0.15, 0.2) is 0 Å². The Labute approximate surface area is 158 Å². The molecule has 1 fully saturated rings. The maximum Gasteiger partial charge on any atom is 0.254 e. The third-order valence-corrected chi connectivity index (χ3v) is 5.74. The van der Waals surface area contributed by atoms with Gasteiger partial charge < -0.3 is 10.3 Å². The third-order valence-electron chi connectivity index (χ3n) is 5.74. The fourth-order valence-electron chi connectivity index (χ4n) is 3.64. The van der Waals surface area contributed by atoms with E-state index in [-0.39, 0.29) is 11.0 Å². The molecule has 4 rings (SSSR count). The van der Waals surface area contributed by atoms with Gasteiger partial charge in [-0.25, -0.2) is 9.97 Å². The van der Waals surface area contributed by atoms with Crippen LogP contribution in [0, 0.1) is 13.8 Å². The summed E-state index contributed by atoms with van der Waals surface area (Å²) in [6, 6.07) is 14.6. The highest BCUT2D eigenvalue weighted by molar-refractivity contribution is 5.56. The van der Waals surface area contributed by atoms with Gasteiger partial charge >= 0.3 is 0 Å². The predicted molar refractivity (Wildman–Crippen MR) is 108 cm³/mol. The van der Waals surface area contributed by atoms with Gasteiger partial charge in [0, 0.05) is 35.0 Å². The van der Waals surface area contributed by atoms with Crippen LogP contribution in [0.5, 0.6) is 0 Å². The Kier molecular flexibility index (Phi) is 4.52. The lowest BCUT2D eigenvalue weighted by molar-refractivity contribution is 0.260. The Balaban J connectivity index is 1.49. The number of nitrogens with one attached hydrogen (secondary N) is 2. The first kappa shape index (κ1) is 17.5. The van der Waals surface area contributed by atoms with Gasteiger partial charge in [-0.1, -0.05) is 36.8 Å². The number of hydrogen-bond acceptors (Lipinski definition) is 4. The van der Waals surface area contributed by atoms with Crippen LogP contribution in [0.1, 0.15) is 36.1 Å². The summed E-state index contributed by atoms with van der Waals surface area (Å²) < 4.78 is 0. The van der Waals surface area contributed by atoms with E-state index < -0.39 is 0 Å². The predicted octanol–water partition coefficient (Wildman–Crippen LogP) is 3.98. The summed E-state index contributed by atoms with van der Waals surface area (Å²) in [7, 11) is 0. The van der Waals surface area contributed by atoms with E-state index >= 15 is 0 Å². The van der Waals surface area contributed by atoms with Gasteiger partial charge in [0.2, 0.25) is 0 Å². The second-order valence-corrected chi connectivity index (χ2v) is 7.41. The number of anilines is 1. The number of aromatic amines is 1. The minimum Gasteiger partial charge on any atom is -0.369 e. The highest BCUT2D eigenvalue weighted by Gasteiger charge is 2.38. The Bertz CT molecular complexity index is 989. The number of aryl methyl sites for hydroxylation is 1. The molecule has 0 saturated heterocycles. The van der Waals surface area contributed by atoms with Crippen molar-refractivity contribution in [3.63, 3.8) is 0 Å². The number of aromatic nitrogens is 3. The molecule has 3 aromatic rings. The molecule has 0 amide bonds. The Morgan fingerprint density at radius 2 is 1.89 bits per heavy atom. The van der Waals surface area contributed by atoms with Crippen molar-refractivity contribution in [3.8, 4) is 11.4 Å². The summed E-state index contributed by atoms with van der Waals surface area (Å²) in [6.07, 6.45) is 5.44. The molecule has 1 saturated carbocycles. The van der Waals surface area contributed by atoms with Crippen LogP contribution in [0.15, 0.2) is 53.5 Å². The van der Waals surface area contributed by atoms with Gasteiger partial charge in [0.05, 0.1) is 0 Å². The number of hydrogen-bond donors (Lipinski definition) is 2. The lowest BCUT2D eigenvalue weighted by Crippen LogP contribution is -2.41. The largest absolute Gasteiger partial charge is 0.369 e. The summed E-state index contributed by atoms with van der Waals surface area (Å²) in [5, 5.41) is 3.49. The zero-order valence-electron chi connectivity index (χ0n) is 15.7. The van der Waals surface area contributed by atoms with Crippen molar-refractivity contribution < 1.29 is 0 Å². The van der Waals surface area contributed by atoms with Crippen molar-refractivity contribution >= 4 is 5.82 Å². The molecule has 1 aliphatic carbocycles. The Hall–Kier alpha value is -2.95. The number of pyridine rings is 1. The third kappa shape index (κ3) is 3.37. The van der Waals surface area contributed by atoms with E-state index in [0.717, 1.165) is 23.6 Å². The van der Waals surface area contributed by atoms with E-state index in [9.17, 15) is 4.79 Å². The highest BCUT2D eigenvalue weighted by atomic mass is 16.1. The van der Waals surface area contributed by atoms with Crippen LogP contribution in [0.2, 0.25) is 0 Å². The first-order chi connectivity index (χ1) is 13.1. The molecule has 0 aliphatic heterocycles. The molecule has 5 nitrogen and oxygen atoms in total. The molecule has 138 valence electrons. The lowest BCUT2D eigenvalue weighted by Gasteiger charge is -2.42. The lowest BCUT2D eigenvalue weighted by atomic mass is 9.64. The summed E-state index contributed by atoms with van der Waals surface area (Å²) in [6.45, 7) is 4.50. The van der Waals surface area contributed by atoms with Crippen molar-refractivity contribution in [1.82, 2.24) is 15.0 Å². The van der Waals surface area contributed by atoms with E-state index in [1.54, 1.807) is 13.1 Å².